The SMILES string of the molecule is CC(CO)N(C)c1ncc(Br)cn1. The maximum absolute atomic E-state index is 8.91. The highest BCUT2D eigenvalue weighted by atomic mass is 79.9. The Balaban J connectivity index is 2.77. The monoisotopic (exact) mass is 245 g/mol. The van der Waals surface area contributed by atoms with Crippen molar-refractivity contribution >= 4 is 21.9 Å². The molecule has 5 heteroatoms. The van der Waals surface area contributed by atoms with Gasteiger partial charge in [0, 0.05) is 19.4 Å². The first-order valence-corrected chi connectivity index (χ1v) is 4.75. The molecule has 0 fully saturated rings. The van der Waals surface area contributed by atoms with Crippen LogP contribution in [0.1, 0.15) is 6.92 Å². The summed E-state index contributed by atoms with van der Waals surface area (Å²) in [6.45, 7) is 2.00. The van der Waals surface area contributed by atoms with E-state index in [1.807, 2.05) is 18.9 Å². The number of aliphatic hydroxyl groups excluding tert-OH is 1. The fraction of sp³-hybridized carbons (Fsp3) is 0.500. The van der Waals surface area contributed by atoms with Crippen LogP contribution in [0.2, 0.25) is 0 Å². The van der Waals surface area contributed by atoms with Crippen molar-refractivity contribution in [3.63, 3.8) is 0 Å². The first-order valence-electron chi connectivity index (χ1n) is 3.96. The van der Waals surface area contributed by atoms with Crippen LogP contribution in [0.25, 0.3) is 0 Å². The van der Waals surface area contributed by atoms with E-state index in [2.05, 4.69) is 25.9 Å². The molecule has 0 radical (unpaired) electrons. The number of aliphatic hydroxyl groups is 1. The number of halogens is 1. The molecule has 1 aromatic heterocycles. The van der Waals surface area contributed by atoms with Crippen molar-refractivity contribution in [1.82, 2.24) is 9.97 Å². The molecule has 1 N–H and O–H groups in total. The molecule has 4 nitrogen and oxygen atoms in total. The van der Waals surface area contributed by atoms with Crippen LogP contribution in [0.15, 0.2) is 16.9 Å². The maximum atomic E-state index is 8.91. The Morgan fingerprint density at radius 1 is 1.54 bits per heavy atom. The van der Waals surface area contributed by atoms with Gasteiger partial charge < -0.3 is 10.0 Å². The molecular formula is C8H12BrN3O. The van der Waals surface area contributed by atoms with Crippen molar-refractivity contribution in [2.24, 2.45) is 0 Å². The summed E-state index contributed by atoms with van der Waals surface area (Å²) >= 11 is 3.26. The van der Waals surface area contributed by atoms with Crippen molar-refractivity contribution in [2.75, 3.05) is 18.6 Å². The normalized spacial score (nSPS) is 12.6. The van der Waals surface area contributed by atoms with Crippen LogP contribution >= 0.6 is 15.9 Å². The highest BCUT2D eigenvalue weighted by Crippen LogP contribution is 2.11. The van der Waals surface area contributed by atoms with E-state index in [4.69, 9.17) is 5.11 Å². The summed E-state index contributed by atoms with van der Waals surface area (Å²) < 4.78 is 0.848. The van der Waals surface area contributed by atoms with Gasteiger partial charge in [0.25, 0.3) is 0 Å². The summed E-state index contributed by atoms with van der Waals surface area (Å²) in [6.07, 6.45) is 3.37. The molecule has 1 aromatic rings. The van der Waals surface area contributed by atoms with E-state index < -0.39 is 0 Å². The van der Waals surface area contributed by atoms with Gasteiger partial charge in [0.05, 0.1) is 17.1 Å². The van der Waals surface area contributed by atoms with Crippen LogP contribution in [-0.2, 0) is 0 Å². The second-order valence-corrected chi connectivity index (χ2v) is 3.76. The third-order valence-electron chi connectivity index (χ3n) is 1.85. The number of aromatic nitrogens is 2. The molecule has 72 valence electrons. The molecule has 13 heavy (non-hydrogen) atoms. The highest BCUT2D eigenvalue weighted by Gasteiger charge is 2.10. The van der Waals surface area contributed by atoms with E-state index >= 15 is 0 Å². The quantitative estimate of drug-likeness (QED) is 0.866. The molecule has 0 aliphatic carbocycles. The molecule has 0 saturated carbocycles. The number of nitrogens with zero attached hydrogens (tertiary/aromatic N) is 3. The molecule has 1 heterocycles. The molecule has 0 aliphatic heterocycles. The third kappa shape index (κ3) is 2.63. The second-order valence-electron chi connectivity index (χ2n) is 2.84. The van der Waals surface area contributed by atoms with Crippen LogP contribution in [0, 0.1) is 0 Å². The Bertz CT molecular complexity index is 265. The summed E-state index contributed by atoms with van der Waals surface area (Å²) in [7, 11) is 1.85. The Kier molecular flexibility index (Phi) is 3.62. The van der Waals surface area contributed by atoms with Crippen LogP contribution in [-0.4, -0.2) is 34.8 Å². The number of hydrogen-bond donors (Lipinski definition) is 1. The standard InChI is InChI=1S/C8H12BrN3O/c1-6(5-13)12(2)8-10-3-7(9)4-11-8/h3-4,6,13H,5H2,1-2H3. The average molecular weight is 246 g/mol. The fourth-order valence-electron chi connectivity index (χ4n) is 0.807. The zero-order valence-electron chi connectivity index (χ0n) is 7.61. The molecule has 0 amide bonds. The van der Waals surface area contributed by atoms with Gasteiger partial charge in [0.1, 0.15) is 0 Å². The molecule has 0 bridgehead atoms. The van der Waals surface area contributed by atoms with E-state index in [1.165, 1.54) is 0 Å². The van der Waals surface area contributed by atoms with Crippen LogP contribution in [0.5, 0.6) is 0 Å². The van der Waals surface area contributed by atoms with Crippen molar-refractivity contribution in [3.8, 4) is 0 Å². The fourth-order valence-corrected chi connectivity index (χ4v) is 1.01. The topological polar surface area (TPSA) is 49.2 Å². The molecule has 1 atom stereocenters. The van der Waals surface area contributed by atoms with Crippen LogP contribution in [0.4, 0.5) is 5.95 Å². The van der Waals surface area contributed by atoms with E-state index in [-0.39, 0.29) is 12.6 Å². The lowest BCUT2D eigenvalue weighted by atomic mass is 10.3. The minimum absolute atomic E-state index is 0.0289. The first-order chi connectivity index (χ1) is 6.15. The molecule has 1 unspecified atom stereocenters. The zero-order valence-corrected chi connectivity index (χ0v) is 9.19. The summed E-state index contributed by atoms with van der Waals surface area (Å²) in [4.78, 5) is 10.0. The summed E-state index contributed by atoms with van der Waals surface area (Å²) in [5.41, 5.74) is 0. The lowest BCUT2D eigenvalue weighted by molar-refractivity contribution is 0.269. The second kappa shape index (κ2) is 4.53. The van der Waals surface area contributed by atoms with Gasteiger partial charge in [-0.2, -0.15) is 0 Å². The van der Waals surface area contributed by atoms with E-state index in [9.17, 15) is 0 Å². The summed E-state index contributed by atoms with van der Waals surface area (Å²) in [5.74, 6) is 0.616. The molecule has 1 rings (SSSR count). The van der Waals surface area contributed by atoms with Gasteiger partial charge >= 0.3 is 0 Å². The Morgan fingerprint density at radius 2 is 2.08 bits per heavy atom. The lowest BCUT2D eigenvalue weighted by Crippen LogP contribution is -2.33. The Hall–Kier alpha value is -0.680. The molecule has 0 aromatic carbocycles. The predicted octanol–water partition coefficient (Wildman–Crippen LogP) is 1.06. The molecular weight excluding hydrogens is 234 g/mol. The first kappa shape index (κ1) is 10.4. The minimum atomic E-state index is 0.0289. The Morgan fingerprint density at radius 3 is 2.54 bits per heavy atom. The number of hydrogen-bond acceptors (Lipinski definition) is 4. The smallest absolute Gasteiger partial charge is 0.225 e. The van der Waals surface area contributed by atoms with E-state index in [0.29, 0.717) is 5.95 Å². The van der Waals surface area contributed by atoms with Gasteiger partial charge in [0.15, 0.2) is 0 Å². The molecule has 0 spiro atoms. The largest absolute Gasteiger partial charge is 0.394 e. The average Bonchev–Trinajstić information content (AvgIpc) is 2.17. The number of rotatable bonds is 3. The van der Waals surface area contributed by atoms with Gasteiger partial charge in [-0.3, -0.25) is 0 Å². The highest BCUT2D eigenvalue weighted by molar-refractivity contribution is 9.10. The predicted molar refractivity (Wildman–Crippen MR) is 54.7 cm³/mol. The zero-order chi connectivity index (χ0) is 9.84. The lowest BCUT2D eigenvalue weighted by Gasteiger charge is -2.22. The maximum Gasteiger partial charge on any atom is 0.225 e. The summed E-state index contributed by atoms with van der Waals surface area (Å²) in [5, 5.41) is 8.91. The molecule has 0 aliphatic rings. The minimum Gasteiger partial charge on any atom is -0.394 e. The van der Waals surface area contributed by atoms with Gasteiger partial charge in [-0.1, -0.05) is 0 Å². The summed E-state index contributed by atoms with van der Waals surface area (Å²) in [6, 6.07) is 0.0289. The Labute approximate surface area is 85.8 Å². The van der Waals surface area contributed by atoms with E-state index in [0.717, 1.165) is 4.47 Å². The van der Waals surface area contributed by atoms with Crippen molar-refractivity contribution in [2.45, 2.75) is 13.0 Å². The third-order valence-corrected chi connectivity index (χ3v) is 2.26. The van der Waals surface area contributed by atoms with E-state index in [1.54, 1.807) is 12.4 Å². The van der Waals surface area contributed by atoms with Crippen LogP contribution < -0.4 is 4.90 Å². The number of anilines is 1. The molecule has 0 saturated heterocycles. The van der Waals surface area contributed by atoms with Crippen LogP contribution in [0.3, 0.4) is 0 Å². The van der Waals surface area contributed by atoms with Gasteiger partial charge in [-0.25, -0.2) is 9.97 Å². The van der Waals surface area contributed by atoms with Gasteiger partial charge in [-0.15, -0.1) is 0 Å². The van der Waals surface area contributed by atoms with Crippen molar-refractivity contribution in [3.05, 3.63) is 16.9 Å². The van der Waals surface area contributed by atoms with Crippen molar-refractivity contribution < 1.29 is 5.11 Å². The van der Waals surface area contributed by atoms with Gasteiger partial charge in [0.2, 0.25) is 5.95 Å². The number of likely N-dealkylation sites (N-methyl/N-ethyl adjacent to an activating group) is 1. The van der Waals surface area contributed by atoms with Gasteiger partial charge in [-0.05, 0) is 22.9 Å². The van der Waals surface area contributed by atoms with Crippen molar-refractivity contribution in [1.29, 1.82) is 0 Å².